The van der Waals surface area contributed by atoms with E-state index in [2.05, 4.69) is 4.74 Å². The smallest absolute Gasteiger partial charge is 0.349 e. The molecule has 0 bridgehead atoms. The Kier molecular flexibility index (Phi) is 4.05. The van der Waals surface area contributed by atoms with Gasteiger partial charge < -0.3 is 9.47 Å². The van der Waals surface area contributed by atoms with Gasteiger partial charge in [0.05, 0.1) is 7.11 Å². The maximum atomic E-state index is 11.4. The van der Waals surface area contributed by atoms with Crippen molar-refractivity contribution in [3.05, 3.63) is 28.2 Å². The van der Waals surface area contributed by atoms with Crippen LogP contribution in [-0.4, -0.2) is 18.7 Å². The zero-order valence-electron chi connectivity index (χ0n) is 9.21. The van der Waals surface area contributed by atoms with E-state index in [9.17, 15) is 4.79 Å². The van der Waals surface area contributed by atoms with E-state index in [0.29, 0.717) is 15.8 Å². The molecule has 0 aromatic heterocycles. The number of hydrogen-bond acceptors (Lipinski definition) is 3. The fourth-order valence-corrected chi connectivity index (χ4v) is 1.68. The Morgan fingerprint density at radius 1 is 1.19 bits per heavy atom. The SMILES string of the molecule is COC(=O)C(C)(C)Oc1cc(Cl)cc(Cl)c1. The first kappa shape index (κ1) is 13.1. The second-order valence-corrected chi connectivity index (χ2v) is 4.58. The first-order valence-electron chi connectivity index (χ1n) is 4.58. The van der Waals surface area contributed by atoms with Crippen molar-refractivity contribution in [2.75, 3.05) is 7.11 Å². The Morgan fingerprint density at radius 2 is 1.69 bits per heavy atom. The molecule has 1 aromatic carbocycles. The summed E-state index contributed by atoms with van der Waals surface area (Å²) in [4.78, 5) is 11.4. The monoisotopic (exact) mass is 262 g/mol. The molecular formula is C11H12Cl2O3. The van der Waals surface area contributed by atoms with Crippen molar-refractivity contribution in [2.45, 2.75) is 19.4 Å². The van der Waals surface area contributed by atoms with Crippen LogP contribution in [0.5, 0.6) is 5.75 Å². The maximum absolute atomic E-state index is 11.4. The summed E-state index contributed by atoms with van der Waals surface area (Å²) in [6.45, 7) is 3.21. The first-order valence-corrected chi connectivity index (χ1v) is 5.34. The molecule has 1 rings (SSSR count). The van der Waals surface area contributed by atoms with Gasteiger partial charge in [-0.05, 0) is 32.0 Å². The Bertz CT molecular complexity index is 382. The van der Waals surface area contributed by atoms with Crippen molar-refractivity contribution >= 4 is 29.2 Å². The van der Waals surface area contributed by atoms with Crippen molar-refractivity contribution < 1.29 is 14.3 Å². The van der Waals surface area contributed by atoms with Crippen LogP contribution in [0.15, 0.2) is 18.2 Å². The van der Waals surface area contributed by atoms with Gasteiger partial charge in [0.15, 0.2) is 5.60 Å². The lowest BCUT2D eigenvalue weighted by Gasteiger charge is -2.23. The van der Waals surface area contributed by atoms with E-state index in [-0.39, 0.29) is 0 Å². The van der Waals surface area contributed by atoms with Gasteiger partial charge in [-0.25, -0.2) is 4.79 Å². The van der Waals surface area contributed by atoms with E-state index in [0.717, 1.165) is 0 Å². The number of rotatable bonds is 3. The molecule has 0 saturated carbocycles. The molecule has 0 aliphatic heterocycles. The van der Waals surface area contributed by atoms with E-state index in [1.165, 1.54) is 7.11 Å². The van der Waals surface area contributed by atoms with Crippen LogP contribution in [-0.2, 0) is 9.53 Å². The average molecular weight is 263 g/mol. The lowest BCUT2D eigenvalue weighted by atomic mass is 10.1. The summed E-state index contributed by atoms with van der Waals surface area (Å²) in [5.41, 5.74) is -1.08. The molecule has 0 unspecified atom stereocenters. The standard InChI is InChI=1S/C11H12Cl2O3/c1-11(2,10(14)15-3)16-9-5-7(12)4-8(13)6-9/h4-6H,1-3H3. The van der Waals surface area contributed by atoms with Crippen LogP contribution in [0.1, 0.15) is 13.8 Å². The largest absolute Gasteiger partial charge is 0.476 e. The number of hydrogen-bond donors (Lipinski definition) is 0. The minimum atomic E-state index is -1.08. The number of esters is 1. The molecule has 5 heteroatoms. The zero-order chi connectivity index (χ0) is 12.3. The molecule has 16 heavy (non-hydrogen) atoms. The summed E-state index contributed by atoms with van der Waals surface area (Å²) in [5, 5.41) is 0.895. The second kappa shape index (κ2) is 4.93. The number of methoxy groups -OCH3 is 1. The molecule has 0 amide bonds. The van der Waals surface area contributed by atoms with E-state index in [4.69, 9.17) is 27.9 Å². The molecular weight excluding hydrogens is 251 g/mol. The van der Waals surface area contributed by atoms with Crippen LogP contribution in [0.25, 0.3) is 0 Å². The lowest BCUT2D eigenvalue weighted by Crippen LogP contribution is -2.39. The quantitative estimate of drug-likeness (QED) is 0.784. The summed E-state index contributed by atoms with van der Waals surface area (Å²) in [6, 6.07) is 4.75. The molecule has 88 valence electrons. The fraction of sp³-hybridized carbons (Fsp3) is 0.364. The van der Waals surface area contributed by atoms with Crippen LogP contribution in [0.2, 0.25) is 10.0 Å². The predicted molar refractivity (Wildman–Crippen MR) is 63.2 cm³/mol. The van der Waals surface area contributed by atoms with Gasteiger partial charge in [-0.3, -0.25) is 0 Å². The molecule has 0 aliphatic carbocycles. The van der Waals surface area contributed by atoms with Crippen LogP contribution < -0.4 is 4.74 Å². The van der Waals surface area contributed by atoms with E-state index < -0.39 is 11.6 Å². The van der Waals surface area contributed by atoms with Gasteiger partial charge in [-0.2, -0.15) is 0 Å². The molecule has 0 N–H and O–H groups in total. The fourth-order valence-electron chi connectivity index (χ4n) is 1.17. The van der Waals surface area contributed by atoms with Crippen molar-refractivity contribution in [3.63, 3.8) is 0 Å². The Labute approximate surface area is 104 Å². The third-order valence-electron chi connectivity index (χ3n) is 1.89. The van der Waals surface area contributed by atoms with Crippen molar-refractivity contribution in [3.8, 4) is 5.75 Å². The highest BCUT2D eigenvalue weighted by molar-refractivity contribution is 6.34. The molecule has 0 saturated heterocycles. The Morgan fingerprint density at radius 3 is 2.12 bits per heavy atom. The first-order chi connectivity index (χ1) is 7.35. The highest BCUT2D eigenvalue weighted by Gasteiger charge is 2.31. The van der Waals surface area contributed by atoms with Crippen LogP contribution >= 0.6 is 23.2 Å². The number of halogens is 2. The summed E-state index contributed by atoms with van der Waals surface area (Å²) in [7, 11) is 1.30. The maximum Gasteiger partial charge on any atom is 0.349 e. The van der Waals surface area contributed by atoms with Gasteiger partial charge in [-0.1, -0.05) is 23.2 Å². The van der Waals surface area contributed by atoms with Crippen molar-refractivity contribution in [1.29, 1.82) is 0 Å². The van der Waals surface area contributed by atoms with Gasteiger partial charge >= 0.3 is 5.97 Å². The second-order valence-electron chi connectivity index (χ2n) is 3.71. The molecule has 0 fully saturated rings. The van der Waals surface area contributed by atoms with Gasteiger partial charge in [0.2, 0.25) is 0 Å². The topological polar surface area (TPSA) is 35.5 Å². The Balaban J connectivity index is 2.91. The van der Waals surface area contributed by atoms with E-state index in [1.54, 1.807) is 32.0 Å². The zero-order valence-corrected chi connectivity index (χ0v) is 10.7. The number of carbonyl (C=O) groups is 1. The normalized spacial score (nSPS) is 11.1. The number of benzene rings is 1. The Hall–Kier alpha value is -0.930. The van der Waals surface area contributed by atoms with Crippen LogP contribution in [0, 0.1) is 0 Å². The predicted octanol–water partition coefficient (Wildman–Crippen LogP) is 3.32. The highest BCUT2D eigenvalue weighted by Crippen LogP contribution is 2.27. The number of ether oxygens (including phenoxy) is 2. The van der Waals surface area contributed by atoms with Crippen molar-refractivity contribution in [2.24, 2.45) is 0 Å². The summed E-state index contributed by atoms with van der Waals surface area (Å²) >= 11 is 11.6. The molecule has 0 spiro atoms. The third kappa shape index (κ3) is 3.29. The van der Waals surface area contributed by atoms with Crippen molar-refractivity contribution in [1.82, 2.24) is 0 Å². The summed E-state index contributed by atoms with van der Waals surface area (Å²) in [5.74, 6) is -0.0449. The summed E-state index contributed by atoms with van der Waals surface area (Å²) in [6.07, 6.45) is 0. The molecule has 0 aliphatic rings. The highest BCUT2D eigenvalue weighted by atomic mass is 35.5. The van der Waals surface area contributed by atoms with E-state index in [1.807, 2.05) is 0 Å². The van der Waals surface area contributed by atoms with Crippen LogP contribution in [0.3, 0.4) is 0 Å². The summed E-state index contributed by atoms with van der Waals surface area (Å²) < 4.78 is 10.1. The molecule has 0 radical (unpaired) electrons. The minimum absolute atomic E-state index is 0.424. The third-order valence-corrected chi connectivity index (χ3v) is 2.32. The van der Waals surface area contributed by atoms with Gasteiger partial charge in [-0.15, -0.1) is 0 Å². The van der Waals surface area contributed by atoms with Gasteiger partial charge in [0, 0.05) is 10.0 Å². The molecule has 3 nitrogen and oxygen atoms in total. The minimum Gasteiger partial charge on any atom is -0.476 e. The van der Waals surface area contributed by atoms with Gasteiger partial charge in [0.1, 0.15) is 5.75 Å². The molecule has 0 heterocycles. The van der Waals surface area contributed by atoms with Crippen LogP contribution in [0.4, 0.5) is 0 Å². The average Bonchev–Trinajstić information content (AvgIpc) is 2.13. The molecule has 1 aromatic rings. The van der Waals surface area contributed by atoms with Gasteiger partial charge in [0.25, 0.3) is 0 Å². The number of carbonyl (C=O) groups excluding carboxylic acids is 1. The lowest BCUT2D eigenvalue weighted by molar-refractivity contribution is -0.156. The molecule has 0 atom stereocenters. The van der Waals surface area contributed by atoms with E-state index >= 15 is 0 Å².